The molecule has 2 aromatic carbocycles. The number of hydrogen-bond acceptors (Lipinski definition) is 5. The van der Waals surface area contributed by atoms with E-state index in [0.29, 0.717) is 30.3 Å². The van der Waals surface area contributed by atoms with Gasteiger partial charge in [-0.1, -0.05) is 119 Å². The van der Waals surface area contributed by atoms with E-state index in [2.05, 4.69) is 134 Å². The van der Waals surface area contributed by atoms with Crippen molar-refractivity contribution in [1.82, 2.24) is 14.7 Å². The number of aliphatic hydroxyl groups excluding tert-OH is 1. The van der Waals surface area contributed by atoms with Gasteiger partial charge in [0.1, 0.15) is 17.3 Å². The predicted octanol–water partition coefficient (Wildman–Crippen LogP) is 11.4. The Bertz CT molecular complexity index is 1840. The summed E-state index contributed by atoms with van der Waals surface area (Å²) in [6.07, 6.45) is 6.51. The topological polar surface area (TPSA) is 82.3 Å². The molecule has 0 saturated carbocycles. The van der Waals surface area contributed by atoms with E-state index in [1.807, 2.05) is 18.7 Å². The third-order valence-corrected chi connectivity index (χ3v) is 10.7. The average Bonchev–Trinajstić information content (AvgIpc) is 3.04. The van der Waals surface area contributed by atoms with Gasteiger partial charge >= 0.3 is 6.03 Å². The van der Waals surface area contributed by atoms with Crippen LogP contribution in [0.2, 0.25) is 0 Å². The molecule has 1 heterocycles. The van der Waals surface area contributed by atoms with Gasteiger partial charge in [0.25, 0.3) is 0 Å². The first-order chi connectivity index (χ1) is 24.8. The lowest BCUT2D eigenvalue weighted by atomic mass is 9.82. The number of nitrogens with two attached hydrogens (primary N) is 1. The summed E-state index contributed by atoms with van der Waals surface area (Å²) in [5.74, 6) is 1.59. The van der Waals surface area contributed by atoms with Gasteiger partial charge in [0.15, 0.2) is 0 Å². The average molecular weight is 739 g/mol. The number of carbonyl (C=O) groups is 1. The van der Waals surface area contributed by atoms with Crippen molar-refractivity contribution in [3.8, 4) is 5.75 Å². The van der Waals surface area contributed by atoms with E-state index in [1.165, 1.54) is 11.1 Å². The molecular formula is C47H70N4O3. The molecule has 1 unspecified atom stereocenters. The van der Waals surface area contributed by atoms with E-state index in [0.717, 1.165) is 56.6 Å². The SMILES string of the molecule is C=CC(=C)Oc1c(C(C)(C)C)cc(C)c(CN2C(=O)N(Cc3c(C)cc(C(C)(C)C)c(N)c3C)C(=C)N(CC/C(C)=C\C(=C/CC)C(C)(C)C)C2O)c1C. The van der Waals surface area contributed by atoms with Crippen LogP contribution in [0.25, 0.3) is 0 Å². The Labute approximate surface area is 327 Å². The number of allylic oxidation sites excluding steroid dienone is 4. The van der Waals surface area contributed by atoms with Gasteiger partial charge in [0, 0.05) is 17.8 Å². The van der Waals surface area contributed by atoms with Gasteiger partial charge < -0.3 is 20.5 Å². The van der Waals surface area contributed by atoms with Gasteiger partial charge in [-0.05, 0) is 114 Å². The Kier molecular flexibility index (Phi) is 13.6. The fourth-order valence-corrected chi connectivity index (χ4v) is 7.15. The molecule has 0 aromatic heterocycles. The van der Waals surface area contributed by atoms with Crippen molar-refractivity contribution < 1.29 is 14.6 Å². The van der Waals surface area contributed by atoms with Crippen LogP contribution in [0.15, 0.2) is 72.8 Å². The van der Waals surface area contributed by atoms with Crippen LogP contribution in [0, 0.1) is 33.1 Å². The number of hydrogen-bond donors (Lipinski definition) is 2. The lowest BCUT2D eigenvalue weighted by molar-refractivity contribution is -0.113. The normalized spacial score (nSPS) is 16.4. The van der Waals surface area contributed by atoms with Gasteiger partial charge in [-0.25, -0.2) is 4.79 Å². The van der Waals surface area contributed by atoms with Gasteiger partial charge in [-0.3, -0.25) is 9.80 Å². The molecule has 2 aromatic rings. The van der Waals surface area contributed by atoms with Crippen LogP contribution in [0.3, 0.4) is 0 Å². The van der Waals surface area contributed by atoms with Crippen molar-refractivity contribution in [1.29, 1.82) is 0 Å². The fourth-order valence-electron chi connectivity index (χ4n) is 7.15. The monoisotopic (exact) mass is 739 g/mol. The number of urea groups is 1. The van der Waals surface area contributed by atoms with Crippen molar-refractivity contribution >= 4 is 11.7 Å². The maximum atomic E-state index is 14.8. The number of nitrogen functional groups attached to an aromatic ring is 1. The Morgan fingerprint density at radius 2 is 1.44 bits per heavy atom. The van der Waals surface area contributed by atoms with E-state index in [-0.39, 0.29) is 35.4 Å². The lowest BCUT2D eigenvalue weighted by Gasteiger charge is -2.48. The molecule has 0 radical (unpaired) electrons. The first-order valence-corrected chi connectivity index (χ1v) is 19.4. The molecule has 3 N–H and O–H groups in total. The number of nitrogens with zero attached hydrogens (tertiary/aromatic N) is 3. The Morgan fingerprint density at radius 1 is 0.907 bits per heavy atom. The third kappa shape index (κ3) is 9.70. The van der Waals surface area contributed by atoms with E-state index in [1.54, 1.807) is 15.9 Å². The Hall–Kier alpha value is -4.23. The number of amides is 2. The summed E-state index contributed by atoms with van der Waals surface area (Å²) >= 11 is 0. The van der Waals surface area contributed by atoms with Crippen molar-refractivity contribution in [3.63, 3.8) is 0 Å². The zero-order valence-corrected chi connectivity index (χ0v) is 36.3. The van der Waals surface area contributed by atoms with Crippen molar-refractivity contribution in [2.45, 2.75) is 147 Å². The molecule has 296 valence electrons. The number of carbonyl (C=O) groups excluding carboxylic acids is 1. The zero-order valence-electron chi connectivity index (χ0n) is 36.3. The number of rotatable bonds is 12. The molecule has 54 heavy (non-hydrogen) atoms. The molecule has 2 amide bonds. The summed E-state index contributed by atoms with van der Waals surface area (Å²) in [6, 6.07) is 3.94. The van der Waals surface area contributed by atoms with Crippen molar-refractivity contribution in [2.75, 3.05) is 12.3 Å². The highest BCUT2D eigenvalue weighted by molar-refractivity contribution is 5.78. The van der Waals surface area contributed by atoms with E-state index >= 15 is 0 Å². The van der Waals surface area contributed by atoms with Gasteiger partial charge in [-0.2, -0.15) is 0 Å². The summed E-state index contributed by atoms with van der Waals surface area (Å²) < 4.78 is 6.30. The smallest absolute Gasteiger partial charge is 0.329 e. The van der Waals surface area contributed by atoms with Gasteiger partial charge in [0.05, 0.1) is 13.1 Å². The molecule has 1 fully saturated rings. The van der Waals surface area contributed by atoms with Gasteiger partial charge in [0.2, 0.25) is 6.35 Å². The maximum absolute atomic E-state index is 14.8. The molecule has 0 spiro atoms. The molecular weight excluding hydrogens is 669 g/mol. The van der Waals surface area contributed by atoms with E-state index in [9.17, 15) is 9.90 Å². The predicted molar refractivity (Wildman–Crippen MR) is 228 cm³/mol. The quantitative estimate of drug-likeness (QED) is 0.129. The number of benzene rings is 2. The molecule has 7 nitrogen and oxygen atoms in total. The summed E-state index contributed by atoms with van der Waals surface area (Å²) in [4.78, 5) is 19.8. The van der Waals surface area contributed by atoms with E-state index < -0.39 is 6.35 Å². The molecule has 7 heteroatoms. The summed E-state index contributed by atoms with van der Waals surface area (Å²) in [6.45, 7) is 45.2. The highest BCUT2D eigenvalue weighted by Crippen LogP contribution is 2.41. The second-order valence-corrected chi connectivity index (χ2v) is 18.2. The van der Waals surface area contributed by atoms with Crippen LogP contribution in [-0.2, 0) is 23.9 Å². The standard InChI is InChI=1S/C47H70N4O3/c1-19-21-36(45(10,11)12)24-29(3)22-23-49-35(9)50(27-37-30(4)25-39(46(13,14)15)41(48)33(37)7)44(53)51(43(49)52)28-38-31(5)26-40(47(16,17)18)42(34(38)8)54-32(6)20-2/h20-21,24-26,43,52H,2,6,9,19,22-23,27-28,48H2,1,3-5,7-8,10-18H3/b29-24-,36-21+. The zero-order chi connectivity index (χ0) is 41.2. The molecule has 1 saturated heterocycles. The Morgan fingerprint density at radius 3 is 1.94 bits per heavy atom. The second kappa shape index (κ2) is 16.6. The number of ether oxygens (including phenoxy) is 1. The van der Waals surface area contributed by atoms with Crippen molar-refractivity contribution in [3.05, 3.63) is 117 Å². The van der Waals surface area contributed by atoms with Crippen LogP contribution in [0.1, 0.15) is 134 Å². The summed E-state index contributed by atoms with van der Waals surface area (Å²) in [5, 5.41) is 12.2. The highest BCUT2D eigenvalue weighted by atomic mass is 16.5. The lowest BCUT2D eigenvalue weighted by Crippen LogP contribution is -2.61. The number of anilines is 1. The van der Waals surface area contributed by atoms with Crippen LogP contribution >= 0.6 is 0 Å². The van der Waals surface area contributed by atoms with Crippen molar-refractivity contribution in [2.24, 2.45) is 5.41 Å². The first-order valence-electron chi connectivity index (χ1n) is 19.4. The molecule has 1 atom stereocenters. The third-order valence-electron chi connectivity index (χ3n) is 10.7. The molecule has 1 aliphatic rings. The number of aryl methyl sites for hydroxylation is 2. The second-order valence-electron chi connectivity index (χ2n) is 18.2. The minimum absolute atomic E-state index is 0.00445. The van der Waals surface area contributed by atoms with Crippen LogP contribution in [-0.4, -0.2) is 38.7 Å². The summed E-state index contributed by atoms with van der Waals surface area (Å²) in [5.41, 5.74) is 17.5. The van der Waals surface area contributed by atoms with Crippen LogP contribution in [0.4, 0.5) is 10.5 Å². The largest absolute Gasteiger partial charge is 0.457 e. The van der Waals surface area contributed by atoms with E-state index in [4.69, 9.17) is 10.5 Å². The minimum atomic E-state index is -1.24. The number of aliphatic hydroxyl groups is 1. The highest BCUT2D eigenvalue weighted by Gasteiger charge is 2.41. The Balaban J connectivity index is 2.18. The van der Waals surface area contributed by atoms with Gasteiger partial charge in [-0.15, -0.1) is 0 Å². The molecule has 3 rings (SSSR count). The molecule has 1 aliphatic heterocycles. The summed E-state index contributed by atoms with van der Waals surface area (Å²) in [7, 11) is 0. The first kappa shape index (κ1) is 44.2. The molecule has 0 aliphatic carbocycles. The van der Waals surface area contributed by atoms with Crippen LogP contribution < -0.4 is 10.5 Å². The molecule has 0 bridgehead atoms. The minimum Gasteiger partial charge on any atom is -0.457 e. The maximum Gasteiger partial charge on any atom is 0.329 e. The van der Waals surface area contributed by atoms with Crippen LogP contribution in [0.5, 0.6) is 5.75 Å². The fraction of sp³-hybridized carbons (Fsp3) is 0.511.